The van der Waals surface area contributed by atoms with Gasteiger partial charge in [0.25, 0.3) is 0 Å². The standard InChI is InChI=1S/C10H18O3/c1-10(2,3)7-12-9(11)13-8-5-4-6-8/h8H,4-7H2,1-3H3. The third kappa shape index (κ3) is 4.15. The summed E-state index contributed by atoms with van der Waals surface area (Å²) >= 11 is 0. The molecule has 0 spiro atoms. The van der Waals surface area contributed by atoms with Gasteiger partial charge in [0.05, 0.1) is 6.61 Å². The fraction of sp³-hybridized carbons (Fsp3) is 0.900. The number of carbonyl (C=O) groups excluding carboxylic acids is 1. The molecule has 0 amide bonds. The van der Waals surface area contributed by atoms with E-state index in [0.29, 0.717) is 6.61 Å². The first kappa shape index (κ1) is 10.4. The van der Waals surface area contributed by atoms with E-state index in [0.717, 1.165) is 19.3 Å². The second kappa shape index (κ2) is 3.99. The molecule has 0 saturated heterocycles. The topological polar surface area (TPSA) is 35.5 Å². The second-order valence-corrected chi connectivity index (χ2v) is 4.77. The van der Waals surface area contributed by atoms with Crippen LogP contribution in [0.3, 0.4) is 0 Å². The monoisotopic (exact) mass is 186 g/mol. The fourth-order valence-corrected chi connectivity index (χ4v) is 0.934. The highest BCUT2D eigenvalue weighted by molar-refractivity contribution is 5.60. The van der Waals surface area contributed by atoms with Gasteiger partial charge in [0.2, 0.25) is 0 Å². The predicted octanol–water partition coefficient (Wildman–Crippen LogP) is 2.74. The summed E-state index contributed by atoms with van der Waals surface area (Å²) < 4.78 is 9.97. The first-order valence-electron chi connectivity index (χ1n) is 4.81. The van der Waals surface area contributed by atoms with Crippen molar-refractivity contribution in [2.24, 2.45) is 5.41 Å². The third-order valence-corrected chi connectivity index (χ3v) is 1.94. The summed E-state index contributed by atoms with van der Waals surface area (Å²) in [5.41, 5.74) is 0.0125. The molecule has 3 heteroatoms. The molecule has 0 aromatic heterocycles. The Labute approximate surface area is 79.4 Å². The smallest absolute Gasteiger partial charge is 0.434 e. The zero-order chi connectivity index (χ0) is 9.90. The summed E-state index contributed by atoms with van der Waals surface area (Å²) in [6.07, 6.45) is 2.75. The molecule has 0 aromatic rings. The molecule has 0 radical (unpaired) electrons. The van der Waals surface area contributed by atoms with Crippen molar-refractivity contribution in [1.82, 2.24) is 0 Å². The Morgan fingerprint density at radius 2 is 2.00 bits per heavy atom. The predicted molar refractivity (Wildman–Crippen MR) is 49.5 cm³/mol. The normalized spacial score (nSPS) is 17.8. The van der Waals surface area contributed by atoms with Gasteiger partial charge in [-0.2, -0.15) is 0 Å². The number of ether oxygens (including phenoxy) is 2. The van der Waals surface area contributed by atoms with Gasteiger partial charge in [-0.05, 0) is 24.7 Å². The summed E-state index contributed by atoms with van der Waals surface area (Å²) in [6, 6.07) is 0. The van der Waals surface area contributed by atoms with Crippen LogP contribution in [0.25, 0.3) is 0 Å². The summed E-state index contributed by atoms with van der Waals surface area (Å²) in [5.74, 6) is 0. The molecule has 1 fully saturated rings. The Morgan fingerprint density at radius 1 is 1.38 bits per heavy atom. The van der Waals surface area contributed by atoms with Crippen LogP contribution in [0.1, 0.15) is 40.0 Å². The van der Waals surface area contributed by atoms with E-state index in [1.807, 2.05) is 20.8 Å². The van der Waals surface area contributed by atoms with E-state index in [9.17, 15) is 4.79 Å². The van der Waals surface area contributed by atoms with Crippen LogP contribution in [0.4, 0.5) is 4.79 Å². The Balaban J connectivity index is 2.10. The molecular weight excluding hydrogens is 168 g/mol. The maximum Gasteiger partial charge on any atom is 0.508 e. The molecule has 13 heavy (non-hydrogen) atoms. The molecule has 0 bridgehead atoms. The SMILES string of the molecule is CC(C)(C)COC(=O)OC1CCC1. The van der Waals surface area contributed by atoms with Crippen molar-refractivity contribution < 1.29 is 14.3 Å². The molecule has 0 N–H and O–H groups in total. The average Bonchev–Trinajstić information content (AvgIpc) is 1.91. The van der Waals surface area contributed by atoms with Crippen LogP contribution in [0.15, 0.2) is 0 Å². The highest BCUT2D eigenvalue weighted by Crippen LogP contribution is 2.22. The average molecular weight is 186 g/mol. The number of rotatable bonds is 2. The highest BCUT2D eigenvalue weighted by atomic mass is 16.7. The quantitative estimate of drug-likeness (QED) is 0.622. The van der Waals surface area contributed by atoms with Gasteiger partial charge < -0.3 is 9.47 Å². The fourth-order valence-electron chi connectivity index (χ4n) is 0.934. The van der Waals surface area contributed by atoms with E-state index in [2.05, 4.69) is 0 Å². The Bertz CT molecular complexity index is 177. The lowest BCUT2D eigenvalue weighted by atomic mass is 9.96. The van der Waals surface area contributed by atoms with E-state index >= 15 is 0 Å². The number of hydrogen-bond acceptors (Lipinski definition) is 3. The first-order chi connectivity index (χ1) is 5.97. The van der Waals surface area contributed by atoms with E-state index in [1.165, 1.54) is 0 Å². The van der Waals surface area contributed by atoms with Gasteiger partial charge in [-0.15, -0.1) is 0 Å². The molecule has 76 valence electrons. The lowest BCUT2D eigenvalue weighted by Crippen LogP contribution is -2.27. The van der Waals surface area contributed by atoms with Gasteiger partial charge in [-0.1, -0.05) is 20.8 Å². The lowest BCUT2D eigenvalue weighted by molar-refractivity contribution is -0.0157. The van der Waals surface area contributed by atoms with Crippen LogP contribution < -0.4 is 0 Å². The zero-order valence-electron chi connectivity index (χ0n) is 8.63. The summed E-state index contributed by atoms with van der Waals surface area (Å²) in [6.45, 7) is 6.47. The Morgan fingerprint density at radius 3 is 2.38 bits per heavy atom. The van der Waals surface area contributed by atoms with E-state index < -0.39 is 6.16 Å². The van der Waals surface area contributed by atoms with Crippen molar-refractivity contribution in [2.75, 3.05) is 6.61 Å². The summed E-state index contributed by atoms with van der Waals surface area (Å²) in [7, 11) is 0. The van der Waals surface area contributed by atoms with Crippen LogP contribution in [0.2, 0.25) is 0 Å². The minimum absolute atomic E-state index is 0.0125. The molecule has 0 aromatic carbocycles. The van der Waals surface area contributed by atoms with Crippen LogP contribution in [-0.4, -0.2) is 18.9 Å². The molecule has 1 aliphatic carbocycles. The maximum absolute atomic E-state index is 11.0. The van der Waals surface area contributed by atoms with Gasteiger partial charge in [0.1, 0.15) is 6.10 Å². The number of hydrogen-bond donors (Lipinski definition) is 0. The minimum Gasteiger partial charge on any atom is -0.434 e. The van der Waals surface area contributed by atoms with E-state index in [1.54, 1.807) is 0 Å². The van der Waals surface area contributed by atoms with Crippen molar-refractivity contribution in [1.29, 1.82) is 0 Å². The highest BCUT2D eigenvalue weighted by Gasteiger charge is 2.23. The molecule has 3 nitrogen and oxygen atoms in total. The Hall–Kier alpha value is -0.730. The van der Waals surface area contributed by atoms with Gasteiger partial charge in [0, 0.05) is 0 Å². The first-order valence-corrected chi connectivity index (χ1v) is 4.81. The van der Waals surface area contributed by atoms with Crippen LogP contribution in [-0.2, 0) is 9.47 Å². The van der Waals surface area contributed by atoms with Crippen LogP contribution in [0, 0.1) is 5.41 Å². The third-order valence-electron chi connectivity index (χ3n) is 1.94. The van der Waals surface area contributed by atoms with Crippen molar-refractivity contribution in [3.05, 3.63) is 0 Å². The lowest BCUT2D eigenvalue weighted by Gasteiger charge is -2.25. The van der Waals surface area contributed by atoms with Gasteiger partial charge >= 0.3 is 6.16 Å². The molecular formula is C10H18O3. The molecule has 1 saturated carbocycles. The van der Waals surface area contributed by atoms with E-state index in [4.69, 9.17) is 9.47 Å². The minimum atomic E-state index is -0.514. The van der Waals surface area contributed by atoms with Gasteiger partial charge in [-0.25, -0.2) is 4.79 Å². The summed E-state index contributed by atoms with van der Waals surface area (Å²) in [5, 5.41) is 0. The van der Waals surface area contributed by atoms with Crippen LogP contribution in [0.5, 0.6) is 0 Å². The molecule has 0 aliphatic heterocycles. The maximum atomic E-state index is 11.0. The van der Waals surface area contributed by atoms with Gasteiger partial charge in [-0.3, -0.25) is 0 Å². The van der Waals surface area contributed by atoms with E-state index in [-0.39, 0.29) is 11.5 Å². The molecule has 1 aliphatic rings. The van der Waals surface area contributed by atoms with Crippen LogP contribution >= 0.6 is 0 Å². The number of carbonyl (C=O) groups is 1. The van der Waals surface area contributed by atoms with Crippen molar-refractivity contribution in [3.63, 3.8) is 0 Å². The molecule has 0 unspecified atom stereocenters. The molecule has 0 heterocycles. The molecule has 1 rings (SSSR count). The summed E-state index contributed by atoms with van der Waals surface area (Å²) in [4.78, 5) is 11.0. The molecule has 0 atom stereocenters. The van der Waals surface area contributed by atoms with Gasteiger partial charge in [0.15, 0.2) is 0 Å². The van der Waals surface area contributed by atoms with Crippen molar-refractivity contribution >= 4 is 6.16 Å². The van der Waals surface area contributed by atoms with Crippen molar-refractivity contribution in [2.45, 2.75) is 46.1 Å². The second-order valence-electron chi connectivity index (χ2n) is 4.77. The Kier molecular flexibility index (Phi) is 3.17. The van der Waals surface area contributed by atoms with Crippen molar-refractivity contribution in [3.8, 4) is 0 Å². The zero-order valence-corrected chi connectivity index (χ0v) is 8.63. The largest absolute Gasteiger partial charge is 0.508 e.